The van der Waals surface area contributed by atoms with Gasteiger partial charge in [-0.05, 0) is 69.7 Å². The molecule has 4 aromatic carbocycles. The summed E-state index contributed by atoms with van der Waals surface area (Å²) in [6.45, 7) is 4.59. The third-order valence-electron chi connectivity index (χ3n) is 7.85. The Hall–Kier alpha value is -3.73. The monoisotopic (exact) mass is 504 g/mol. The van der Waals surface area contributed by atoms with Crippen LogP contribution >= 0.6 is 23.2 Å². The molecule has 0 fully saturated rings. The van der Waals surface area contributed by atoms with Gasteiger partial charge >= 0.3 is 0 Å². The summed E-state index contributed by atoms with van der Waals surface area (Å²) in [7, 11) is 0. The fraction of sp³-hybridized carbons (Fsp3) is 0.100. The van der Waals surface area contributed by atoms with Crippen molar-refractivity contribution in [1.29, 1.82) is 0 Å². The van der Waals surface area contributed by atoms with Gasteiger partial charge in [0, 0.05) is 32.9 Å². The molecule has 8 rings (SSSR count). The van der Waals surface area contributed by atoms with E-state index in [4.69, 9.17) is 23.2 Å². The smallest absolute Gasteiger partial charge is 0.227 e. The Morgan fingerprint density at radius 1 is 0.694 bits per heavy atom. The van der Waals surface area contributed by atoms with Crippen molar-refractivity contribution in [2.45, 2.75) is 19.3 Å². The highest BCUT2D eigenvalue weighted by Gasteiger charge is 2.41. The van der Waals surface area contributed by atoms with Gasteiger partial charge in [-0.25, -0.2) is 0 Å². The van der Waals surface area contributed by atoms with Crippen molar-refractivity contribution in [2.75, 3.05) is 0 Å². The van der Waals surface area contributed by atoms with Crippen LogP contribution in [0.4, 0.5) is 0 Å². The zero-order valence-electron chi connectivity index (χ0n) is 19.5. The number of benzene rings is 4. The van der Waals surface area contributed by atoms with Crippen LogP contribution in [-0.4, -0.2) is 19.5 Å². The molecule has 6 heteroatoms. The molecule has 1 aliphatic heterocycles. The largest absolute Gasteiger partial charge is 0.308 e. The summed E-state index contributed by atoms with van der Waals surface area (Å²) < 4.78 is 2.44. The predicted octanol–water partition coefficient (Wildman–Crippen LogP) is 8.23. The lowest BCUT2D eigenvalue weighted by molar-refractivity contribution is 0.661. The summed E-state index contributed by atoms with van der Waals surface area (Å²) >= 11 is 12.4. The summed E-state index contributed by atoms with van der Waals surface area (Å²) in [5.74, 6) is 0.475. The van der Waals surface area contributed by atoms with Gasteiger partial charge in [-0.2, -0.15) is 15.0 Å². The molecular weight excluding hydrogens is 487 g/mol. The maximum atomic E-state index is 6.18. The zero-order valence-corrected chi connectivity index (χ0v) is 21.0. The number of para-hydroxylation sites is 2. The van der Waals surface area contributed by atoms with Crippen LogP contribution in [0.2, 0.25) is 10.6 Å². The molecule has 0 saturated carbocycles. The van der Waals surface area contributed by atoms with Gasteiger partial charge in [0.25, 0.3) is 0 Å². The number of hydrogen-bond donors (Lipinski definition) is 0. The highest BCUT2D eigenvalue weighted by Crippen LogP contribution is 2.58. The Kier molecular flexibility index (Phi) is 3.82. The molecule has 36 heavy (non-hydrogen) atoms. The molecule has 0 atom stereocenters. The SMILES string of the molecule is CC1(C)c2cc(-c3nc(Cl)nc(Cl)n3)cc3c2-c2c1ccc1c4ccccc4n(c21)-c1ccccc1-3. The average molecular weight is 505 g/mol. The maximum Gasteiger partial charge on any atom is 0.227 e. The molecule has 2 aromatic heterocycles. The topological polar surface area (TPSA) is 43.6 Å². The van der Waals surface area contributed by atoms with Crippen molar-refractivity contribution in [3.63, 3.8) is 0 Å². The van der Waals surface area contributed by atoms with Crippen LogP contribution < -0.4 is 0 Å². The van der Waals surface area contributed by atoms with E-state index in [1.807, 2.05) is 0 Å². The summed E-state index contributed by atoms with van der Waals surface area (Å²) in [6, 6.07) is 26.3. The molecule has 0 unspecified atom stereocenters. The van der Waals surface area contributed by atoms with E-state index in [-0.39, 0.29) is 16.0 Å². The maximum absolute atomic E-state index is 6.18. The standard InChI is InChI=1S/C30H18Cl2N4/c1-30(2)20-12-11-18-16-7-3-5-9-22(16)36-23-10-6-4-8-17(23)19-13-15(27-33-28(31)35-29(32)34-27)14-21(30)24(19)25(20)26(18)36/h3-14H,1-2H3. The first-order valence-electron chi connectivity index (χ1n) is 11.9. The van der Waals surface area contributed by atoms with E-state index in [1.165, 1.54) is 49.6 Å². The Morgan fingerprint density at radius 2 is 1.44 bits per heavy atom. The van der Waals surface area contributed by atoms with Gasteiger partial charge in [0.05, 0.1) is 16.7 Å². The summed E-state index contributed by atoms with van der Waals surface area (Å²) in [4.78, 5) is 12.8. The molecule has 0 radical (unpaired) electrons. The molecule has 6 aromatic rings. The Bertz CT molecular complexity index is 1930. The van der Waals surface area contributed by atoms with E-state index in [0.29, 0.717) is 5.82 Å². The van der Waals surface area contributed by atoms with Gasteiger partial charge in [0.1, 0.15) is 0 Å². The van der Waals surface area contributed by atoms with E-state index in [0.717, 1.165) is 16.8 Å². The van der Waals surface area contributed by atoms with Crippen LogP contribution in [0.1, 0.15) is 25.0 Å². The highest BCUT2D eigenvalue weighted by molar-refractivity contribution is 6.31. The van der Waals surface area contributed by atoms with Gasteiger partial charge in [-0.1, -0.05) is 62.4 Å². The number of halogens is 2. The van der Waals surface area contributed by atoms with Crippen LogP contribution in [0.25, 0.3) is 61.1 Å². The van der Waals surface area contributed by atoms with Crippen LogP contribution in [0.3, 0.4) is 0 Å². The van der Waals surface area contributed by atoms with Crippen molar-refractivity contribution in [1.82, 2.24) is 19.5 Å². The van der Waals surface area contributed by atoms with E-state index >= 15 is 0 Å². The molecule has 4 nitrogen and oxygen atoms in total. The zero-order chi connectivity index (χ0) is 24.3. The lowest BCUT2D eigenvalue weighted by Gasteiger charge is -2.23. The Labute approximate surface area is 217 Å². The van der Waals surface area contributed by atoms with E-state index in [1.54, 1.807) is 0 Å². The quantitative estimate of drug-likeness (QED) is 0.226. The number of nitrogens with zero attached hydrogens (tertiary/aromatic N) is 4. The van der Waals surface area contributed by atoms with Crippen molar-refractivity contribution in [3.05, 3.63) is 94.5 Å². The van der Waals surface area contributed by atoms with E-state index in [2.05, 4.69) is 106 Å². The third-order valence-corrected chi connectivity index (χ3v) is 8.18. The lowest BCUT2D eigenvalue weighted by atomic mass is 9.80. The van der Waals surface area contributed by atoms with Gasteiger partial charge in [0.2, 0.25) is 10.6 Å². The second kappa shape index (κ2) is 6.73. The first-order chi connectivity index (χ1) is 17.4. The molecule has 2 aliphatic rings. The number of aromatic nitrogens is 4. The van der Waals surface area contributed by atoms with Crippen LogP contribution in [0, 0.1) is 0 Å². The normalized spacial score (nSPS) is 14.3. The summed E-state index contributed by atoms with van der Waals surface area (Å²) in [5.41, 5.74) is 11.8. The molecule has 3 heterocycles. The third kappa shape index (κ3) is 2.43. The highest BCUT2D eigenvalue weighted by atomic mass is 35.5. The van der Waals surface area contributed by atoms with E-state index in [9.17, 15) is 0 Å². The Balaban J connectivity index is 1.61. The average Bonchev–Trinajstić information content (AvgIpc) is 3.27. The molecule has 172 valence electrons. The fourth-order valence-corrected chi connectivity index (χ4v) is 6.69. The van der Waals surface area contributed by atoms with Crippen LogP contribution in [0.15, 0.2) is 72.8 Å². The molecule has 0 N–H and O–H groups in total. The first kappa shape index (κ1) is 20.5. The van der Waals surface area contributed by atoms with Crippen molar-refractivity contribution in [3.8, 4) is 39.3 Å². The van der Waals surface area contributed by atoms with Gasteiger partial charge in [-0.15, -0.1) is 0 Å². The predicted molar refractivity (Wildman–Crippen MR) is 146 cm³/mol. The second-order valence-corrected chi connectivity index (χ2v) is 10.7. The minimum atomic E-state index is -0.211. The Morgan fingerprint density at radius 3 is 2.28 bits per heavy atom. The second-order valence-electron chi connectivity index (χ2n) is 10.0. The molecule has 0 saturated heterocycles. The van der Waals surface area contributed by atoms with Crippen LogP contribution in [-0.2, 0) is 5.41 Å². The fourth-order valence-electron chi connectivity index (χ4n) is 6.32. The molecule has 0 spiro atoms. The van der Waals surface area contributed by atoms with Gasteiger partial charge in [0.15, 0.2) is 5.82 Å². The number of rotatable bonds is 1. The van der Waals surface area contributed by atoms with E-state index < -0.39 is 0 Å². The van der Waals surface area contributed by atoms with Crippen molar-refractivity contribution >= 4 is 45.0 Å². The lowest BCUT2D eigenvalue weighted by Crippen LogP contribution is -2.15. The molecule has 0 bridgehead atoms. The minimum absolute atomic E-state index is 0.0865. The van der Waals surface area contributed by atoms with Crippen molar-refractivity contribution in [2.24, 2.45) is 0 Å². The summed E-state index contributed by atoms with van der Waals surface area (Å²) in [6.07, 6.45) is 0. The minimum Gasteiger partial charge on any atom is -0.308 e. The molecular formula is C30H18Cl2N4. The van der Waals surface area contributed by atoms with Gasteiger partial charge < -0.3 is 4.57 Å². The summed E-state index contributed by atoms with van der Waals surface area (Å²) in [5, 5.41) is 2.72. The van der Waals surface area contributed by atoms with Crippen molar-refractivity contribution < 1.29 is 0 Å². The van der Waals surface area contributed by atoms with Crippen LogP contribution in [0.5, 0.6) is 0 Å². The first-order valence-corrected chi connectivity index (χ1v) is 12.6. The van der Waals surface area contributed by atoms with Gasteiger partial charge in [-0.3, -0.25) is 0 Å². The number of hydrogen-bond acceptors (Lipinski definition) is 3. The molecule has 1 aliphatic carbocycles. The number of fused-ring (bicyclic) bond motifs is 6. The molecule has 0 amide bonds.